The Labute approximate surface area is 85.6 Å². The van der Waals surface area contributed by atoms with Crippen molar-refractivity contribution in [3.05, 3.63) is 0 Å². The van der Waals surface area contributed by atoms with Crippen molar-refractivity contribution in [3.8, 4) is 0 Å². The first kappa shape index (κ1) is 11.7. The molecular weight excluding hydrogens is 219 g/mol. The van der Waals surface area contributed by atoms with E-state index in [-0.39, 0.29) is 12.4 Å². The Balaban J connectivity index is 0.000000980. The van der Waals surface area contributed by atoms with Crippen molar-refractivity contribution in [3.63, 3.8) is 0 Å². The van der Waals surface area contributed by atoms with Crippen LogP contribution in [0.15, 0.2) is 10.2 Å². The van der Waals surface area contributed by atoms with E-state index in [4.69, 9.17) is 0 Å². The average Bonchev–Trinajstić information content (AvgIpc) is 2.84. The van der Waals surface area contributed by atoms with Crippen LogP contribution in [0.3, 0.4) is 0 Å². The van der Waals surface area contributed by atoms with Crippen LogP contribution in [-0.4, -0.2) is 24.9 Å². The van der Waals surface area contributed by atoms with E-state index in [0.29, 0.717) is 25.9 Å². The van der Waals surface area contributed by atoms with Gasteiger partial charge in [0, 0.05) is 5.92 Å². The van der Waals surface area contributed by atoms with Gasteiger partial charge in [-0.1, -0.05) is 0 Å². The summed E-state index contributed by atoms with van der Waals surface area (Å²) in [5.41, 5.74) is -2.03. The summed E-state index contributed by atoms with van der Waals surface area (Å²) in [6.07, 6.45) is -3.28. The minimum Gasteiger partial charge on any atom is -0.317 e. The van der Waals surface area contributed by atoms with Crippen molar-refractivity contribution in [1.29, 1.82) is 0 Å². The second kappa shape index (κ2) is 3.66. The Morgan fingerprint density at radius 3 is 2.00 bits per heavy atom. The molecule has 0 saturated carbocycles. The summed E-state index contributed by atoms with van der Waals surface area (Å²) >= 11 is 0. The van der Waals surface area contributed by atoms with Crippen LogP contribution < -0.4 is 5.32 Å². The Morgan fingerprint density at radius 2 is 1.64 bits per heavy atom. The first-order valence-electron chi connectivity index (χ1n) is 4.28. The van der Waals surface area contributed by atoms with Gasteiger partial charge in [0.05, 0.1) is 0 Å². The van der Waals surface area contributed by atoms with Crippen LogP contribution in [0.5, 0.6) is 0 Å². The molecule has 0 radical (unpaired) electrons. The van der Waals surface area contributed by atoms with E-state index < -0.39 is 17.8 Å². The summed E-state index contributed by atoms with van der Waals surface area (Å²) in [5, 5.41) is 9.42. The molecule has 0 bridgehead atoms. The van der Waals surface area contributed by atoms with Crippen LogP contribution in [0, 0.1) is 5.92 Å². The largest absolute Gasteiger partial charge is 0.437 e. The van der Waals surface area contributed by atoms with Crippen molar-refractivity contribution in [2.75, 3.05) is 13.1 Å². The summed E-state index contributed by atoms with van der Waals surface area (Å²) in [5.74, 6) is -0.450. The highest BCUT2D eigenvalue weighted by atomic mass is 35.5. The minimum absolute atomic E-state index is 0. The van der Waals surface area contributed by atoms with E-state index in [2.05, 4.69) is 15.5 Å². The second-order valence-corrected chi connectivity index (χ2v) is 3.45. The number of piperidine rings is 1. The molecule has 0 atom stereocenters. The van der Waals surface area contributed by atoms with E-state index in [1.165, 1.54) is 0 Å². The molecule has 0 aromatic heterocycles. The summed E-state index contributed by atoms with van der Waals surface area (Å²) in [7, 11) is 0. The van der Waals surface area contributed by atoms with Crippen LogP contribution in [0.4, 0.5) is 13.2 Å². The molecule has 1 N–H and O–H groups in total. The summed E-state index contributed by atoms with van der Waals surface area (Å²) < 4.78 is 37.4. The molecule has 1 fully saturated rings. The number of halogens is 4. The topological polar surface area (TPSA) is 36.8 Å². The summed E-state index contributed by atoms with van der Waals surface area (Å²) in [6.45, 7) is 1.26. The third-order valence-corrected chi connectivity index (χ3v) is 2.64. The zero-order chi connectivity index (χ0) is 9.53. The molecule has 3 nitrogen and oxygen atoms in total. The number of nitrogens with one attached hydrogen (secondary N) is 1. The fourth-order valence-electron chi connectivity index (χ4n) is 1.79. The number of hydrogen-bond donors (Lipinski definition) is 1. The van der Waals surface area contributed by atoms with Gasteiger partial charge in [-0.2, -0.15) is 13.2 Å². The molecule has 82 valence electrons. The van der Waals surface area contributed by atoms with E-state index in [1.54, 1.807) is 0 Å². The van der Waals surface area contributed by atoms with Crippen LogP contribution in [-0.2, 0) is 0 Å². The van der Waals surface area contributed by atoms with E-state index >= 15 is 0 Å². The van der Waals surface area contributed by atoms with Crippen molar-refractivity contribution < 1.29 is 13.2 Å². The maximum absolute atomic E-state index is 12.5. The monoisotopic (exact) mass is 229 g/mol. The lowest BCUT2D eigenvalue weighted by atomic mass is 9.87. The van der Waals surface area contributed by atoms with Crippen molar-refractivity contribution >= 4 is 12.4 Å². The van der Waals surface area contributed by atoms with E-state index in [9.17, 15) is 13.2 Å². The highest BCUT2D eigenvalue weighted by molar-refractivity contribution is 5.85. The molecule has 0 aliphatic carbocycles. The Hall–Kier alpha value is -0.360. The van der Waals surface area contributed by atoms with Crippen LogP contribution >= 0.6 is 12.4 Å². The maximum atomic E-state index is 12.5. The third-order valence-electron chi connectivity index (χ3n) is 2.64. The Kier molecular flexibility index (Phi) is 3.06. The fraction of sp³-hybridized carbons (Fsp3) is 1.00. The molecule has 0 spiro atoms. The lowest BCUT2D eigenvalue weighted by molar-refractivity contribution is -0.178. The zero-order valence-electron chi connectivity index (χ0n) is 7.34. The first-order chi connectivity index (χ1) is 6.06. The van der Waals surface area contributed by atoms with Gasteiger partial charge in [0.15, 0.2) is 0 Å². The smallest absolute Gasteiger partial charge is 0.317 e. The Bertz CT molecular complexity index is 229. The van der Waals surface area contributed by atoms with E-state index in [0.717, 1.165) is 0 Å². The molecule has 14 heavy (non-hydrogen) atoms. The fourth-order valence-corrected chi connectivity index (χ4v) is 1.79. The van der Waals surface area contributed by atoms with Crippen molar-refractivity contribution in [2.24, 2.45) is 16.1 Å². The average molecular weight is 230 g/mol. The first-order valence-corrected chi connectivity index (χ1v) is 4.28. The predicted octanol–water partition coefficient (Wildman–Crippen LogP) is 2.13. The molecule has 0 aromatic carbocycles. The summed E-state index contributed by atoms with van der Waals surface area (Å²) in [6, 6.07) is 0. The lowest BCUT2D eigenvalue weighted by Gasteiger charge is -2.28. The van der Waals surface area contributed by atoms with Crippen molar-refractivity contribution in [2.45, 2.75) is 24.7 Å². The van der Waals surface area contributed by atoms with Crippen LogP contribution in [0.25, 0.3) is 0 Å². The normalized spacial score (nSPS) is 25.6. The van der Waals surface area contributed by atoms with E-state index in [1.807, 2.05) is 0 Å². The van der Waals surface area contributed by atoms with Gasteiger partial charge in [0.25, 0.3) is 5.66 Å². The molecule has 0 amide bonds. The molecule has 2 aliphatic rings. The van der Waals surface area contributed by atoms with Gasteiger partial charge in [-0.25, -0.2) is 0 Å². The molecular formula is C7H11ClF3N3. The van der Waals surface area contributed by atoms with Gasteiger partial charge >= 0.3 is 6.18 Å². The minimum atomic E-state index is -4.30. The molecule has 2 heterocycles. The van der Waals surface area contributed by atoms with Gasteiger partial charge in [-0.15, -0.1) is 22.6 Å². The highest BCUT2D eigenvalue weighted by Crippen LogP contribution is 2.51. The maximum Gasteiger partial charge on any atom is 0.437 e. The standard InChI is InChI=1S/C7H10F3N3.ClH/c8-7(9,10)6(12-13-6)5-1-3-11-4-2-5;/h5,11H,1-4H2;1H. The zero-order valence-corrected chi connectivity index (χ0v) is 8.16. The molecule has 7 heteroatoms. The lowest BCUT2D eigenvalue weighted by Crippen LogP contribution is -2.44. The molecule has 2 aliphatic heterocycles. The quantitative estimate of drug-likeness (QED) is 0.735. The summed E-state index contributed by atoms with van der Waals surface area (Å²) in [4.78, 5) is 0. The third kappa shape index (κ3) is 1.72. The van der Waals surface area contributed by atoms with Crippen LogP contribution in [0.2, 0.25) is 0 Å². The molecule has 0 aromatic rings. The molecule has 0 unspecified atom stereocenters. The van der Waals surface area contributed by atoms with Crippen LogP contribution in [0.1, 0.15) is 12.8 Å². The highest BCUT2D eigenvalue weighted by Gasteiger charge is 2.67. The van der Waals surface area contributed by atoms with Gasteiger partial charge in [-0.05, 0) is 25.9 Å². The second-order valence-electron chi connectivity index (χ2n) is 3.45. The molecule has 1 saturated heterocycles. The van der Waals surface area contributed by atoms with Gasteiger partial charge < -0.3 is 5.32 Å². The number of rotatable bonds is 1. The number of nitrogens with zero attached hydrogens (tertiary/aromatic N) is 2. The predicted molar refractivity (Wildman–Crippen MR) is 46.5 cm³/mol. The number of alkyl halides is 3. The van der Waals surface area contributed by atoms with Gasteiger partial charge in [0.1, 0.15) is 0 Å². The molecule has 2 rings (SSSR count). The van der Waals surface area contributed by atoms with Gasteiger partial charge in [0.2, 0.25) is 0 Å². The SMILES string of the molecule is Cl.FC(F)(F)C1(C2CCNCC2)N=N1. The van der Waals surface area contributed by atoms with Crippen molar-refractivity contribution in [1.82, 2.24) is 5.32 Å². The number of hydrogen-bond acceptors (Lipinski definition) is 3. The Morgan fingerprint density at radius 1 is 1.14 bits per heavy atom. The van der Waals surface area contributed by atoms with Gasteiger partial charge in [-0.3, -0.25) is 0 Å².